The first-order valence-corrected chi connectivity index (χ1v) is 17.4. The Morgan fingerprint density at radius 2 is 0.837 bits per heavy atom. The van der Waals surface area contributed by atoms with Crippen LogP contribution in [0.4, 0.5) is 17.1 Å². The summed E-state index contributed by atoms with van der Waals surface area (Å²) in [5.74, 6) is 0. The van der Waals surface area contributed by atoms with Crippen LogP contribution in [0.15, 0.2) is 164 Å². The first-order chi connectivity index (χ1) is 23.8. The maximum atomic E-state index is 2.48. The number of hydrogen-bond acceptors (Lipinski definition) is 1. The second-order valence-electron chi connectivity index (χ2n) is 14.6. The minimum absolute atomic E-state index is 0.0425. The molecule has 0 radical (unpaired) electrons. The van der Waals surface area contributed by atoms with Crippen LogP contribution in [0.3, 0.4) is 0 Å². The molecule has 0 saturated heterocycles. The third-order valence-electron chi connectivity index (χ3n) is 11.1. The summed E-state index contributed by atoms with van der Waals surface area (Å²) >= 11 is 0. The highest BCUT2D eigenvalue weighted by Gasteiger charge is 2.38. The van der Waals surface area contributed by atoms with Crippen molar-refractivity contribution in [2.24, 2.45) is 0 Å². The second kappa shape index (κ2) is 10.9. The van der Waals surface area contributed by atoms with Crippen LogP contribution in [-0.4, -0.2) is 0 Å². The highest BCUT2D eigenvalue weighted by atomic mass is 15.1. The molecule has 1 nitrogen and oxygen atoms in total. The molecule has 236 valence electrons. The number of nitrogens with zero attached hydrogens (tertiary/aromatic N) is 1. The largest absolute Gasteiger partial charge is 0.310 e. The lowest BCUT2D eigenvalue weighted by Crippen LogP contribution is -2.17. The van der Waals surface area contributed by atoms with E-state index < -0.39 is 0 Å². The van der Waals surface area contributed by atoms with Crippen molar-refractivity contribution in [1.82, 2.24) is 0 Å². The summed E-state index contributed by atoms with van der Waals surface area (Å²) in [6.45, 7) is 9.46. The van der Waals surface area contributed by atoms with Gasteiger partial charge in [0.2, 0.25) is 0 Å². The van der Waals surface area contributed by atoms with Crippen molar-refractivity contribution in [3.63, 3.8) is 0 Å². The normalized spacial score (nSPS) is 14.4. The van der Waals surface area contributed by atoms with E-state index in [1.165, 1.54) is 72.4 Å². The Kier molecular flexibility index (Phi) is 6.58. The Balaban J connectivity index is 1.24. The van der Waals surface area contributed by atoms with Crippen molar-refractivity contribution < 1.29 is 0 Å². The highest BCUT2D eigenvalue weighted by Crippen LogP contribution is 2.54. The fourth-order valence-corrected chi connectivity index (χ4v) is 8.48. The molecule has 9 rings (SSSR count). The van der Waals surface area contributed by atoms with Crippen LogP contribution in [0.5, 0.6) is 0 Å². The van der Waals surface area contributed by atoms with Crippen LogP contribution in [0, 0.1) is 0 Å². The molecule has 0 unspecified atom stereocenters. The Hall–Kier alpha value is -5.66. The molecular weight excluding hydrogens is 591 g/mol. The van der Waals surface area contributed by atoms with Gasteiger partial charge in [0, 0.05) is 27.8 Å². The SMILES string of the molecule is CC1(C)c2ccccc2-c2cc(N(c3ccc4c(c3)C(C)(C)c3cc(-c5ccccc5)ccc3-4)c3ccccc3-c3ccccc3)ccc21. The number of benzene rings is 7. The number of anilines is 3. The molecule has 0 fully saturated rings. The molecule has 2 aliphatic rings. The van der Waals surface area contributed by atoms with Crippen molar-refractivity contribution >= 4 is 17.1 Å². The van der Waals surface area contributed by atoms with Gasteiger partial charge in [-0.15, -0.1) is 0 Å². The summed E-state index contributed by atoms with van der Waals surface area (Å²) in [4.78, 5) is 2.48. The number of fused-ring (bicyclic) bond motifs is 6. The van der Waals surface area contributed by atoms with Crippen LogP contribution in [0.1, 0.15) is 49.9 Å². The molecule has 7 aromatic carbocycles. The van der Waals surface area contributed by atoms with E-state index in [-0.39, 0.29) is 10.8 Å². The zero-order valence-corrected chi connectivity index (χ0v) is 28.5. The fourth-order valence-electron chi connectivity index (χ4n) is 8.48. The first-order valence-electron chi connectivity index (χ1n) is 17.4. The Morgan fingerprint density at radius 3 is 1.59 bits per heavy atom. The molecule has 0 atom stereocenters. The second-order valence-corrected chi connectivity index (χ2v) is 14.6. The van der Waals surface area contributed by atoms with E-state index in [2.05, 4.69) is 196 Å². The predicted octanol–water partition coefficient (Wildman–Crippen LogP) is 13.1. The van der Waals surface area contributed by atoms with Gasteiger partial charge < -0.3 is 4.90 Å². The van der Waals surface area contributed by atoms with Crippen molar-refractivity contribution in [3.05, 3.63) is 186 Å². The van der Waals surface area contributed by atoms with Crippen LogP contribution in [0.25, 0.3) is 44.5 Å². The quantitative estimate of drug-likeness (QED) is 0.183. The summed E-state index contributed by atoms with van der Waals surface area (Å²) in [6.07, 6.45) is 0. The van der Waals surface area contributed by atoms with Gasteiger partial charge in [-0.2, -0.15) is 0 Å². The molecule has 0 bridgehead atoms. The van der Waals surface area contributed by atoms with Gasteiger partial charge in [-0.25, -0.2) is 0 Å². The molecule has 0 amide bonds. The van der Waals surface area contributed by atoms with Gasteiger partial charge in [0.1, 0.15) is 0 Å². The number of para-hydroxylation sites is 1. The van der Waals surface area contributed by atoms with E-state index in [1.54, 1.807) is 0 Å². The molecule has 0 N–H and O–H groups in total. The Bertz CT molecular complexity index is 2380. The molecule has 7 aromatic rings. The van der Waals surface area contributed by atoms with E-state index in [9.17, 15) is 0 Å². The van der Waals surface area contributed by atoms with Crippen LogP contribution >= 0.6 is 0 Å². The molecule has 1 heteroatoms. The van der Waals surface area contributed by atoms with E-state index >= 15 is 0 Å². The van der Waals surface area contributed by atoms with Gasteiger partial charge >= 0.3 is 0 Å². The standard InChI is InChI=1S/C48H39N/c1-47(2)42-21-13-11-20-38(42)41-30-35(25-28-43(41)47)49(46-22-14-12-19-37(46)33-17-9-6-10-18-33)36-24-27-40-39-26-23-34(32-15-7-5-8-16-32)29-44(39)48(3,4)45(40)31-36/h5-31H,1-4H3. The van der Waals surface area contributed by atoms with Gasteiger partial charge in [-0.05, 0) is 97.6 Å². The molecule has 0 heterocycles. The lowest BCUT2D eigenvalue weighted by molar-refractivity contribution is 0.660. The summed E-state index contributed by atoms with van der Waals surface area (Å²) in [5.41, 5.74) is 19.1. The van der Waals surface area contributed by atoms with Crippen LogP contribution in [-0.2, 0) is 10.8 Å². The van der Waals surface area contributed by atoms with Crippen molar-refractivity contribution in [2.75, 3.05) is 4.90 Å². The third-order valence-corrected chi connectivity index (χ3v) is 11.1. The molecule has 49 heavy (non-hydrogen) atoms. The van der Waals surface area contributed by atoms with Gasteiger partial charge in [0.25, 0.3) is 0 Å². The zero-order chi connectivity index (χ0) is 33.3. The van der Waals surface area contributed by atoms with Crippen LogP contribution < -0.4 is 4.90 Å². The monoisotopic (exact) mass is 629 g/mol. The zero-order valence-electron chi connectivity index (χ0n) is 28.5. The maximum Gasteiger partial charge on any atom is 0.0540 e. The van der Waals surface area contributed by atoms with Crippen molar-refractivity contribution in [3.8, 4) is 44.5 Å². The van der Waals surface area contributed by atoms with E-state index in [1.807, 2.05) is 0 Å². The summed E-state index contributed by atoms with van der Waals surface area (Å²) < 4.78 is 0. The topological polar surface area (TPSA) is 3.24 Å². The smallest absolute Gasteiger partial charge is 0.0540 e. The average Bonchev–Trinajstić information content (AvgIpc) is 3.51. The summed E-state index contributed by atoms with van der Waals surface area (Å²) in [6, 6.07) is 60.5. The van der Waals surface area contributed by atoms with Crippen molar-refractivity contribution in [2.45, 2.75) is 38.5 Å². The highest BCUT2D eigenvalue weighted by molar-refractivity contribution is 5.93. The van der Waals surface area contributed by atoms with Gasteiger partial charge in [-0.3, -0.25) is 0 Å². The maximum absolute atomic E-state index is 2.48. The number of rotatable bonds is 5. The molecular formula is C48H39N. The van der Waals surface area contributed by atoms with Gasteiger partial charge in [-0.1, -0.05) is 155 Å². The summed E-state index contributed by atoms with van der Waals surface area (Å²) in [5, 5.41) is 0. The third kappa shape index (κ3) is 4.53. The van der Waals surface area contributed by atoms with Crippen LogP contribution in [0.2, 0.25) is 0 Å². The lowest BCUT2D eigenvalue weighted by Gasteiger charge is -2.30. The van der Waals surface area contributed by atoms with Gasteiger partial charge in [0.05, 0.1) is 5.69 Å². The fraction of sp³-hybridized carbons (Fsp3) is 0.125. The van der Waals surface area contributed by atoms with E-state index in [4.69, 9.17) is 0 Å². The Labute approximate surface area is 290 Å². The minimum atomic E-state index is -0.156. The predicted molar refractivity (Wildman–Crippen MR) is 207 cm³/mol. The summed E-state index contributed by atoms with van der Waals surface area (Å²) in [7, 11) is 0. The lowest BCUT2D eigenvalue weighted by atomic mass is 9.81. The van der Waals surface area contributed by atoms with E-state index in [0.29, 0.717) is 0 Å². The molecule has 0 aliphatic heterocycles. The molecule has 0 spiro atoms. The van der Waals surface area contributed by atoms with Gasteiger partial charge in [0.15, 0.2) is 0 Å². The van der Waals surface area contributed by atoms with Crippen molar-refractivity contribution in [1.29, 1.82) is 0 Å². The number of hydrogen-bond donors (Lipinski definition) is 0. The molecule has 0 aromatic heterocycles. The average molecular weight is 630 g/mol. The molecule has 0 saturated carbocycles. The first kappa shape index (κ1) is 29.5. The van der Waals surface area contributed by atoms with E-state index in [0.717, 1.165) is 11.4 Å². The minimum Gasteiger partial charge on any atom is -0.310 e. The Morgan fingerprint density at radius 1 is 0.327 bits per heavy atom. The molecule has 2 aliphatic carbocycles.